The molecule has 0 bridgehead atoms. The molecule has 0 saturated carbocycles. The number of halogens is 1. The first-order chi connectivity index (χ1) is 13.2. The summed E-state index contributed by atoms with van der Waals surface area (Å²) >= 11 is 0. The highest BCUT2D eigenvalue weighted by atomic mass is 19.1. The van der Waals surface area contributed by atoms with Gasteiger partial charge in [0, 0.05) is 24.9 Å². The fourth-order valence-corrected chi connectivity index (χ4v) is 3.62. The van der Waals surface area contributed by atoms with E-state index in [-0.39, 0.29) is 17.8 Å². The normalized spacial score (nSPS) is 16.6. The lowest BCUT2D eigenvalue weighted by atomic mass is 10.0. The first-order valence-electron chi connectivity index (χ1n) is 9.26. The third-order valence-corrected chi connectivity index (χ3v) is 4.99. The fraction of sp³-hybridized carbons (Fsp3) is 0.273. The molecular weight excluding hydrogens is 343 g/mol. The molecule has 2 aromatic carbocycles. The highest BCUT2D eigenvalue weighted by Crippen LogP contribution is 2.32. The number of carbonyl (C=O) groups excluding carboxylic acids is 1. The van der Waals surface area contributed by atoms with E-state index in [1.54, 1.807) is 18.3 Å². The van der Waals surface area contributed by atoms with Gasteiger partial charge in [0.25, 0.3) is 0 Å². The maximum absolute atomic E-state index is 13.2. The van der Waals surface area contributed by atoms with Crippen molar-refractivity contribution < 1.29 is 13.6 Å². The van der Waals surface area contributed by atoms with Crippen LogP contribution in [0.2, 0.25) is 0 Å². The number of aromatic nitrogens is 1. The van der Waals surface area contributed by atoms with Crippen LogP contribution < -0.4 is 0 Å². The van der Waals surface area contributed by atoms with Crippen LogP contribution in [0.3, 0.4) is 0 Å². The Hall–Kier alpha value is -2.95. The van der Waals surface area contributed by atoms with E-state index in [1.165, 1.54) is 12.1 Å². The van der Waals surface area contributed by atoms with E-state index in [1.807, 2.05) is 35.2 Å². The molecule has 1 aliphatic heterocycles. The van der Waals surface area contributed by atoms with Gasteiger partial charge < -0.3 is 9.32 Å². The minimum atomic E-state index is -0.257. The standard InChI is InChI=1S/C22H21FN2O2/c23-18-10-8-16(9-11-18)19-7-4-14-25(19)22(26)13-12-21-24-15-20(27-21)17-5-2-1-3-6-17/h1-3,5-6,8-11,15,19H,4,7,12-14H2. The third kappa shape index (κ3) is 3.92. The third-order valence-electron chi connectivity index (χ3n) is 4.99. The van der Waals surface area contributed by atoms with Crippen LogP contribution in [0.5, 0.6) is 0 Å². The Morgan fingerprint density at radius 1 is 1.15 bits per heavy atom. The Balaban J connectivity index is 1.39. The summed E-state index contributed by atoms with van der Waals surface area (Å²) in [7, 11) is 0. The predicted octanol–water partition coefficient (Wildman–Crippen LogP) is 4.78. The van der Waals surface area contributed by atoms with Gasteiger partial charge in [-0.1, -0.05) is 42.5 Å². The number of carbonyl (C=O) groups is 1. The van der Waals surface area contributed by atoms with Crippen molar-refractivity contribution in [2.75, 3.05) is 6.54 Å². The summed E-state index contributed by atoms with van der Waals surface area (Å²) in [6, 6.07) is 16.3. The molecule has 2 heterocycles. The van der Waals surface area contributed by atoms with Crippen molar-refractivity contribution in [2.24, 2.45) is 0 Å². The molecule has 1 saturated heterocycles. The Labute approximate surface area is 157 Å². The average molecular weight is 364 g/mol. The summed E-state index contributed by atoms with van der Waals surface area (Å²) < 4.78 is 18.9. The van der Waals surface area contributed by atoms with Gasteiger partial charge >= 0.3 is 0 Å². The van der Waals surface area contributed by atoms with E-state index >= 15 is 0 Å². The summed E-state index contributed by atoms with van der Waals surface area (Å²) in [6.45, 7) is 0.738. The lowest BCUT2D eigenvalue weighted by Crippen LogP contribution is -2.30. The smallest absolute Gasteiger partial charge is 0.223 e. The van der Waals surface area contributed by atoms with Gasteiger partial charge in [0.15, 0.2) is 11.7 Å². The molecular formula is C22H21FN2O2. The molecule has 3 aromatic rings. The van der Waals surface area contributed by atoms with E-state index in [2.05, 4.69) is 4.98 Å². The number of rotatable bonds is 5. The van der Waals surface area contributed by atoms with Gasteiger partial charge in [-0.15, -0.1) is 0 Å². The van der Waals surface area contributed by atoms with Crippen LogP contribution in [-0.4, -0.2) is 22.3 Å². The number of benzene rings is 2. The molecule has 1 aromatic heterocycles. The zero-order chi connectivity index (χ0) is 18.6. The van der Waals surface area contributed by atoms with Crippen molar-refractivity contribution in [2.45, 2.75) is 31.7 Å². The number of nitrogens with zero attached hydrogens (tertiary/aromatic N) is 2. The van der Waals surface area contributed by atoms with E-state index < -0.39 is 0 Å². The summed E-state index contributed by atoms with van der Waals surface area (Å²) in [4.78, 5) is 18.9. The summed E-state index contributed by atoms with van der Waals surface area (Å²) in [5.74, 6) is 1.11. The quantitative estimate of drug-likeness (QED) is 0.655. The van der Waals surface area contributed by atoms with Crippen LogP contribution in [0.4, 0.5) is 4.39 Å². The van der Waals surface area contributed by atoms with Gasteiger partial charge in [-0.3, -0.25) is 4.79 Å². The first-order valence-corrected chi connectivity index (χ1v) is 9.26. The van der Waals surface area contributed by atoms with Gasteiger partial charge in [-0.2, -0.15) is 0 Å². The van der Waals surface area contributed by atoms with Gasteiger partial charge in [-0.25, -0.2) is 9.37 Å². The molecule has 27 heavy (non-hydrogen) atoms. The number of aryl methyl sites for hydroxylation is 1. The zero-order valence-electron chi connectivity index (χ0n) is 15.0. The molecule has 1 atom stereocenters. The number of hydrogen-bond acceptors (Lipinski definition) is 3. The number of oxazole rings is 1. The molecule has 138 valence electrons. The van der Waals surface area contributed by atoms with Crippen LogP contribution in [0.1, 0.15) is 36.8 Å². The Morgan fingerprint density at radius 2 is 1.93 bits per heavy atom. The molecule has 1 amide bonds. The van der Waals surface area contributed by atoms with Crippen molar-refractivity contribution in [1.82, 2.24) is 9.88 Å². The average Bonchev–Trinajstić information content (AvgIpc) is 3.37. The van der Waals surface area contributed by atoms with Crippen molar-refractivity contribution in [3.8, 4) is 11.3 Å². The van der Waals surface area contributed by atoms with Gasteiger partial charge in [0.05, 0.1) is 12.2 Å². The van der Waals surface area contributed by atoms with Gasteiger partial charge in [-0.05, 0) is 30.5 Å². The molecule has 5 heteroatoms. The van der Waals surface area contributed by atoms with Gasteiger partial charge in [0.1, 0.15) is 5.82 Å². The monoisotopic (exact) mass is 364 g/mol. The van der Waals surface area contributed by atoms with E-state index in [0.717, 1.165) is 30.5 Å². The topological polar surface area (TPSA) is 46.3 Å². The zero-order valence-corrected chi connectivity index (χ0v) is 15.0. The first kappa shape index (κ1) is 17.5. The van der Waals surface area contributed by atoms with Crippen LogP contribution in [0.25, 0.3) is 11.3 Å². The predicted molar refractivity (Wildman–Crippen MR) is 100 cm³/mol. The summed E-state index contributed by atoms with van der Waals surface area (Å²) in [5.41, 5.74) is 1.96. The molecule has 4 rings (SSSR count). The lowest BCUT2D eigenvalue weighted by Gasteiger charge is -2.25. The second-order valence-electron chi connectivity index (χ2n) is 6.78. The van der Waals surface area contributed by atoms with Crippen molar-refractivity contribution in [3.05, 3.63) is 78.1 Å². The second-order valence-corrected chi connectivity index (χ2v) is 6.78. The molecule has 1 unspecified atom stereocenters. The number of hydrogen-bond donors (Lipinski definition) is 0. The summed E-state index contributed by atoms with van der Waals surface area (Å²) in [5, 5.41) is 0. The van der Waals surface area contributed by atoms with Gasteiger partial charge in [0.2, 0.25) is 5.91 Å². The molecule has 4 nitrogen and oxygen atoms in total. The Kier molecular flexibility index (Phi) is 5.01. The SMILES string of the molecule is O=C(CCc1ncc(-c2ccccc2)o1)N1CCCC1c1ccc(F)cc1. The highest BCUT2D eigenvalue weighted by Gasteiger charge is 2.29. The van der Waals surface area contributed by atoms with Crippen LogP contribution in [0.15, 0.2) is 65.2 Å². The molecule has 0 aliphatic carbocycles. The van der Waals surface area contributed by atoms with E-state index in [0.29, 0.717) is 24.5 Å². The molecule has 0 N–H and O–H groups in total. The number of likely N-dealkylation sites (tertiary alicyclic amines) is 1. The van der Waals surface area contributed by atoms with Crippen molar-refractivity contribution >= 4 is 5.91 Å². The summed E-state index contributed by atoms with van der Waals surface area (Å²) in [6.07, 6.45) is 4.40. The molecule has 0 spiro atoms. The minimum absolute atomic E-state index is 0.0301. The van der Waals surface area contributed by atoms with Crippen molar-refractivity contribution in [3.63, 3.8) is 0 Å². The maximum atomic E-state index is 13.2. The van der Waals surface area contributed by atoms with E-state index in [9.17, 15) is 9.18 Å². The van der Waals surface area contributed by atoms with Crippen LogP contribution in [0, 0.1) is 5.82 Å². The molecule has 1 fully saturated rings. The Bertz CT molecular complexity index is 906. The van der Waals surface area contributed by atoms with Crippen LogP contribution in [-0.2, 0) is 11.2 Å². The van der Waals surface area contributed by atoms with E-state index in [4.69, 9.17) is 4.42 Å². The largest absolute Gasteiger partial charge is 0.441 e. The molecule has 1 aliphatic rings. The fourth-order valence-electron chi connectivity index (χ4n) is 3.62. The van der Waals surface area contributed by atoms with Crippen molar-refractivity contribution in [1.29, 1.82) is 0 Å². The lowest BCUT2D eigenvalue weighted by molar-refractivity contribution is -0.132. The highest BCUT2D eigenvalue weighted by molar-refractivity contribution is 5.77. The minimum Gasteiger partial charge on any atom is -0.441 e. The number of amides is 1. The Morgan fingerprint density at radius 3 is 2.70 bits per heavy atom. The molecule has 0 radical (unpaired) electrons. The second kappa shape index (κ2) is 7.74. The van der Waals surface area contributed by atoms with Crippen LogP contribution >= 0.6 is 0 Å². The maximum Gasteiger partial charge on any atom is 0.223 e.